The van der Waals surface area contributed by atoms with Gasteiger partial charge in [0.05, 0.1) is 17.8 Å². The second kappa shape index (κ2) is 4.18. The van der Waals surface area contributed by atoms with Gasteiger partial charge in [0.2, 0.25) is 0 Å². The van der Waals surface area contributed by atoms with Crippen LogP contribution in [0.2, 0.25) is 5.02 Å². The highest BCUT2D eigenvalue weighted by Crippen LogP contribution is 2.34. The number of rotatable bonds is 2. The molecule has 0 aliphatic carbocycles. The molecule has 1 aromatic carbocycles. The molecule has 0 unspecified atom stereocenters. The predicted molar refractivity (Wildman–Crippen MR) is 64.9 cm³/mol. The highest BCUT2D eigenvalue weighted by Gasteiger charge is 2.12. The van der Waals surface area contributed by atoms with Gasteiger partial charge in [0.25, 0.3) is 0 Å². The van der Waals surface area contributed by atoms with Gasteiger partial charge >= 0.3 is 0 Å². The maximum absolute atomic E-state index is 6.26. The first-order chi connectivity index (χ1) is 7.63. The highest BCUT2D eigenvalue weighted by atomic mass is 35.5. The Bertz CT molecular complexity index is 496. The Morgan fingerprint density at radius 1 is 1.38 bits per heavy atom. The van der Waals surface area contributed by atoms with E-state index in [-0.39, 0.29) is 0 Å². The molecule has 0 bridgehead atoms. The van der Waals surface area contributed by atoms with Crippen LogP contribution in [0.15, 0.2) is 24.4 Å². The van der Waals surface area contributed by atoms with Crippen LogP contribution in [-0.2, 0) is 7.05 Å². The van der Waals surface area contributed by atoms with Gasteiger partial charge in [0.1, 0.15) is 5.75 Å². The van der Waals surface area contributed by atoms with Gasteiger partial charge in [-0.3, -0.25) is 4.68 Å². The van der Waals surface area contributed by atoms with E-state index in [1.807, 2.05) is 32.2 Å². The fourth-order valence-electron chi connectivity index (χ4n) is 1.77. The zero-order chi connectivity index (χ0) is 11.7. The lowest BCUT2D eigenvalue weighted by molar-refractivity contribution is 0.414. The van der Waals surface area contributed by atoms with Crippen LogP contribution >= 0.6 is 11.6 Å². The van der Waals surface area contributed by atoms with Crippen molar-refractivity contribution in [3.8, 4) is 17.0 Å². The van der Waals surface area contributed by atoms with Gasteiger partial charge in [0, 0.05) is 18.8 Å². The second-order valence-corrected chi connectivity index (χ2v) is 4.05. The average Bonchev–Trinajstić information content (AvgIpc) is 2.64. The van der Waals surface area contributed by atoms with Crippen molar-refractivity contribution in [2.75, 3.05) is 7.11 Å². The van der Waals surface area contributed by atoms with E-state index < -0.39 is 0 Å². The molecule has 0 N–H and O–H groups in total. The van der Waals surface area contributed by atoms with Crippen molar-refractivity contribution in [2.24, 2.45) is 7.05 Å². The number of aromatic nitrogens is 2. The van der Waals surface area contributed by atoms with Crippen LogP contribution in [0, 0.1) is 6.92 Å². The molecule has 0 atom stereocenters. The number of hydrogen-bond donors (Lipinski definition) is 0. The zero-order valence-electron chi connectivity index (χ0n) is 9.49. The van der Waals surface area contributed by atoms with Crippen molar-refractivity contribution < 1.29 is 4.74 Å². The van der Waals surface area contributed by atoms with Crippen LogP contribution in [0.5, 0.6) is 5.75 Å². The Kier molecular flexibility index (Phi) is 2.88. The van der Waals surface area contributed by atoms with E-state index in [4.69, 9.17) is 16.3 Å². The van der Waals surface area contributed by atoms with Crippen molar-refractivity contribution in [2.45, 2.75) is 6.92 Å². The lowest BCUT2D eigenvalue weighted by Crippen LogP contribution is -1.96. The molecule has 0 radical (unpaired) electrons. The number of benzene rings is 1. The normalized spacial score (nSPS) is 10.5. The third-order valence-corrected chi connectivity index (χ3v) is 2.87. The van der Waals surface area contributed by atoms with E-state index in [1.165, 1.54) is 0 Å². The Labute approximate surface area is 99.6 Å². The van der Waals surface area contributed by atoms with Crippen molar-refractivity contribution in [1.82, 2.24) is 9.78 Å². The number of methoxy groups -OCH3 is 1. The Balaban J connectivity index is 2.62. The number of nitrogens with zero attached hydrogens (tertiary/aromatic N) is 2. The molecule has 0 aliphatic rings. The standard InChI is InChI=1S/C12H13ClN2O/c1-8-6-9(16-3)7-10(13)12(8)11-4-5-14-15(11)2/h4-7H,1-3H3. The molecular weight excluding hydrogens is 224 g/mol. The van der Waals surface area contributed by atoms with Gasteiger partial charge in [0.15, 0.2) is 0 Å². The third-order valence-electron chi connectivity index (χ3n) is 2.57. The summed E-state index contributed by atoms with van der Waals surface area (Å²) in [5, 5.41) is 4.83. The average molecular weight is 237 g/mol. The summed E-state index contributed by atoms with van der Waals surface area (Å²) in [6.45, 7) is 2.01. The monoisotopic (exact) mass is 236 g/mol. The van der Waals surface area contributed by atoms with E-state index in [0.29, 0.717) is 5.02 Å². The summed E-state index contributed by atoms with van der Waals surface area (Å²) in [6.07, 6.45) is 1.76. The van der Waals surface area contributed by atoms with Crippen molar-refractivity contribution >= 4 is 11.6 Å². The minimum atomic E-state index is 0.681. The van der Waals surface area contributed by atoms with Crippen molar-refractivity contribution in [3.05, 3.63) is 35.0 Å². The lowest BCUT2D eigenvalue weighted by Gasteiger charge is -2.10. The molecule has 0 spiro atoms. The van der Waals surface area contributed by atoms with Gasteiger partial charge in [-0.2, -0.15) is 5.10 Å². The third kappa shape index (κ3) is 1.78. The SMILES string of the molecule is COc1cc(C)c(-c2ccnn2C)c(Cl)c1. The van der Waals surface area contributed by atoms with E-state index in [1.54, 1.807) is 18.0 Å². The van der Waals surface area contributed by atoms with Crippen LogP contribution in [-0.4, -0.2) is 16.9 Å². The molecule has 3 nitrogen and oxygen atoms in total. The molecule has 0 saturated heterocycles. The first-order valence-corrected chi connectivity index (χ1v) is 5.34. The summed E-state index contributed by atoms with van der Waals surface area (Å²) in [5.41, 5.74) is 3.08. The van der Waals surface area contributed by atoms with E-state index in [2.05, 4.69) is 5.10 Å². The van der Waals surface area contributed by atoms with Gasteiger partial charge < -0.3 is 4.74 Å². The fraction of sp³-hybridized carbons (Fsp3) is 0.250. The van der Waals surface area contributed by atoms with Gasteiger partial charge in [-0.15, -0.1) is 0 Å². The lowest BCUT2D eigenvalue weighted by atomic mass is 10.1. The molecule has 0 saturated carbocycles. The van der Waals surface area contributed by atoms with Crippen LogP contribution in [0.1, 0.15) is 5.56 Å². The highest BCUT2D eigenvalue weighted by molar-refractivity contribution is 6.33. The van der Waals surface area contributed by atoms with Crippen LogP contribution < -0.4 is 4.74 Å². The predicted octanol–water partition coefficient (Wildman–Crippen LogP) is 3.06. The minimum Gasteiger partial charge on any atom is -0.497 e. The molecule has 0 aliphatic heterocycles. The molecule has 4 heteroatoms. The Morgan fingerprint density at radius 2 is 2.12 bits per heavy atom. The summed E-state index contributed by atoms with van der Waals surface area (Å²) < 4.78 is 6.98. The molecule has 1 heterocycles. The molecule has 16 heavy (non-hydrogen) atoms. The van der Waals surface area contributed by atoms with Crippen LogP contribution in [0.3, 0.4) is 0 Å². The topological polar surface area (TPSA) is 27.1 Å². The number of halogens is 1. The molecule has 0 fully saturated rings. The summed E-state index contributed by atoms with van der Waals surface area (Å²) in [5.74, 6) is 0.772. The molecule has 1 aromatic heterocycles. The smallest absolute Gasteiger partial charge is 0.120 e. The van der Waals surface area contributed by atoms with Gasteiger partial charge in [-0.1, -0.05) is 11.6 Å². The van der Waals surface area contributed by atoms with E-state index in [0.717, 1.165) is 22.6 Å². The van der Waals surface area contributed by atoms with Gasteiger partial charge in [-0.25, -0.2) is 0 Å². The fourth-order valence-corrected chi connectivity index (χ4v) is 2.13. The van der Waals surface area contributed by atoms with E-state index >= 15 is 0 Å². The van der Waals surface area contributed by atoms with E-state index in [9.17, 15) is 0 Å². The maximum atomic E-state index is 6.26. The molecule has 0 amide bonds. The van der Waals surface area contributed by atoms with Crippen LogP contribution in [0.4, 0.5) is 0 Å². The quantitative estimate of drug-likeness (QED) is 0.801. The Morgan fingerprint density at radius 3 is 2.62 bits per heavy atom. The number of hydrogen-bond acceptors (Lipinski definition) is 2. The largest absolute Gasteiger partial charge is 0.497 e. The Hall–Kier alpha value is -1.48. The molecule has 2 aromatic rings. The number of aryl methyl sites for hydroxylation is 2. The molecule has 84 valence electrons. The van der Waals surface area contributed by atoms with Crippen molar-refractivity contribution in [3.63, 3.8) is 0 Å². The summed E-state index contributed by atoms with van der Waals surface area (Å²) in [7, 11) is 3.53. The molecular formula is C12H13ClN2O. The first kappa shape index (κ1) is 11.0. The first-order valence-electron chi connectivity index (χ1n) is 4.96. The molecule has 2 rings (SSSR count). The maximum Gasteiger partial charge on any atom is 0.120 e. The number of ether oxygens (including phenoxy) is 1. The summed E-state index contributed by atoms with van der Waals surface area (Å²) >= 11 is 6.26. The summed E-state index contributed by atoms with van der Waals surface area (Å²) in [4.78, 5) is 0. The van der Waals surface area contributed by atoms with Gasteiger partial charge in [-0.05, 0) is 30.7 Å². The summed E-state index contributed by atoms with van der Waals surface area (Å²) in [6, 6.07) is 5.73. The zero-order valence-corrected chi connectivity index (χ0v) is 10.2. The van der Waals surface area contributed by atoms with Crippen LogP contribution in [0.25, 0.3) is 11.3 Å². The second-order valence-electron chi connectivity index (χ2n) is 3.64. The van der Waals surface area contributed by atoms with Crippen molar-refractivity contribution in [1.29, 1.82) is 0 Å². The minimum absolute atomic E-state index is 0.681.